The van der Waals surface area contributed by atoms with E-state index in [4.69, 9.17) is 28.9 Å². The van der Waals surface area contributed by atoms with Crippen LogP contribution in [-0.4, -0.2) is 9.97 Å². The van der Waals surface area contributed by atoms with Crippen LogP contribution < -0.4 is 11.1 Å². The van der Waals surface area contributed by atoms with E-state index in [2.05, 4.69) is 15.3 Å². The van der Waals surface area contributed by atoms with Gasteiger partial charge in [-0.05, 0) is 36.2 Å². The number of hydrogen-bond donors (Lipinski definition) is 2. The van der Waals surface area contributed by atoms with E-state index < -0.39 is 0 Å². The van der Waals surface area contributed by atoms with Crippen LogP contribution in [0.25, 0.3) is 0 Å². The van der Waals surface area contributed by atoms with E-state index in [1.165, 1.54) is 6.20 Å². The molecule has 2 aromatic rings. The van der Waals surface area contributed by atoms with Gasteiger partial charge in [0.15, 0.2) is 5.82 Å². The molecule has 18 heavy (non-hydrogen) atoms. The lowest BCUT2D eigenvalue weighted by atomic mass is 10.1. The quantitative estimate of drug-likeness (QED) is 0.846. The molecular formula is C12H12Cl2N4. The number of halogens is 2. The second-order valence-corrected chi connectivity index (χ2v) is 4.64. The molecule has 0 bridgehead atoms. The molecule has 2 rings (SSSR count). The SMILES string of the molecule is CC(Nc1nc(Cl)ncc1N)c1ccc(Cl)cc1. The van der Waals surface area contributed by atoms with E-state index in [-0.39, 0.29) is 11.3 Å². The predicted octanol–water partition coefficient (Wildman–Crippen LogP) is 3.54. The Labute approximate surface area is 115 Å². The Morgan fingerprint density at radius 2 is 1.89 bits per heavy atom. The fourth-order valence-corrected chi connectivity index (χ4v) is 1.78. The third-order valence-corrected chi connectivity index (χ3v) is 2.94. The maximum Gasteiger partial charge on any atom is 0.224 e. The van der Waals surface area contributed by atoms with Crippen molar-refractivity contribution in [3.05, 3.63) is 46.3 Å². The van der Waals surface area contributed by atoms with Gasteiger partial charge in [0.1, 0.15) is 0 Å². The number of nitrogens with two attached hydrogens (primary N) is 1. The summed E-state index contributed by atoms with van der Waals surface area (Å²) < 4.78 is 0. The molecule has 0 fully saturated rings. The minimum absolute atomic E-state index is 0.0375. The smallest absolute Gasteiger partial charge is 0.224 e. The zero-order valence-electron chi connectivity index (χ0n) is 9.69. The largest absolute Gasteiger partial charge is 0.394 e. The summed E-state index contributed by atoms with van der Waals surface area (Å²) >= 11 is 11.6. The van der Waals surface area contributed by atoms with E-state index in [0.717, 1.165) is 5.56 Å². The van der Waals surface area contributed by atoms with Crippen molar-refractivity contribution in [3.8, 4) is 0 Å². The highest BCUT2D eigenvalue weighted by Gasteiger charge is 2.09. The summed E-state index contributed by atoms with van der Waals surface area (Å²) in [7, 11) is 0. The number of rotatable bonds is 3. The van der Waals surface area contributed by atoms with Gasteiger partial charge in [-0.1, -0.05) is 23.7 Å². The summed E-state index contributed by atoms with van der Waals surface area (Å²) in [5, 5.41) is 4.05. The van der Waals surface area contributed by atoms with Crippen LogP contribution in [0.3, 0.4) is 0 Å². The number of nitrogens with zero attached hydrogens (tertiary/aromatic N) is 2. The molecule has 0 aliphatic carbocycles. The van der Waals surface area contributed by atoms with Gasteiger partial charge in [0, 0.05) is 5.02 Å². The van der Waals surface area contributed by atoms with Gasteiger partial charge in [0.2, 0.25) is 5.28 Å². The number of nitrogens with one attached hydrogen (secondary N) is 1. The minimum Gasteiger partial charge on any atom is -0.394 e. The third kappa shape index (κ3) is 3.03. The van der Waals surface area contributed by atoms with E-state index in [0.29, 0.717) is 16.5 Å². The van der Waals surface area contributed by atoms with E-state index in [9.17, 15) is 0 Å². The molecular weight excluding hydrogens is 271 g/mol. The Balaban J connectivity index is 2.18. The average Bonchev–Trinajstić information content (AvgIpc) is 2.34. The van der Waals surface area contributed by atoms with Gasteiger partial charge in [0.05, 0.1) is 17.9 Å². The molecule has 4 nitrogen and oxygen atoms in total. The fourth-order valence-electron chi connectivity index (χ4n) is 1.53. The van der Waals surface area contributed by atoms with Crippen molar-refractivity contribution in [1.82, 2.24) is 9.97 Å². The van der Waals surface area contributed by atoms with Crippen LogP contribution in [0.4, 0.5) is 11.5 Å². The summed E-state index contributed by atoms with van der Waals surface area (Å²) in [6.07, 6.45) is 1.48. The van der Waals surface area contributed by atoms with Crippen molar-refractivity contribution in [2.24, 2.45) is 0 Å². The highest BCUT2D eigenvalue weighted by Crippen LogP contribution is 2.23. The van der Waals surface area contributed by atoms with Crippen molar-refractivity contribution in [3.63, 3.8) is 0 Å². The Morgan fingerprint density at radius 1 is 1.22 bits per heavy atom. The van der Waals surface area contributed by atoms with E-state index in [1.807, 2.05) is 31.2 Å². The fraction of sp³-hybridized carbons (Fsp3) is 0.167. The molecule has 0 saturated heterocycles. The van der Waals surface area contributed by atoms with Crippen LogP contribution in [-0.2, 0) is 0 Å². The monoisotopic (exact) mass is 282 g/mol. The van der Waals surface area contributed by atoms with Crippen LogP contribution in [0.1, 0.15) is 18.5 Å². The van der Waals surface area contributed by atoms with Gasteiger partial charge in [-0.2, -0.15) is 4.98 Å². The third-order valence-electron chi connectivity index (χ3n) is 2.51. The molecule has 0 radical (unpaired) electrons. The second-order valence-electron chi connectivity index (χ2n) is 3.86. The standard InChI is InChI=1S/C12H12Cl2N4/c1-7(8-2-4-9(13)5-3-8)17-11-10(15)6-16-12(14)18-11/h2-7H,15H2,1H3,(H,16,17,18). The lowest BCUT2D eigenvalue weighted by Crippen LogP contribution is -2.10. The Morgan fingerprint density at radius 3 is 2.56 bits per heavy atom. The maximum absolute atomic E-state index is 5.84. The Bertz CT molecular complexity index is 542. The molecule has 0 aliphatic rings. The van der Waals surface area contributed by atoms with Crippen molar-refractivity contribution >= 4 is 34.7 Å². The summed E-state index contributed by atoms with van der Waals surface area (Å²) in [4.78, 5) is 7.85. The second kappa shape index (κ2) is 5.42. The molecule has 1 aromatic heterocycles. The molecule has 6 heteroatoms. The zero-order chi connectivity index (χ0) is 13.1. The lowest BCUT2D eigenvalue weighted by Gasteiger charge is -2.16. The van der Waals surface area contributed by atoms with Gasteiger partial charge in [0.25, 0.3) is 0 Å². The first-order valence-corrected chi connectivity index (χ1v) is 6.12. The van der Waals surface area contributed by atoms with Crippen LogP contribution >= 0.6 is 23.2 Å². The van der Waals surface area contributed by atoms with Crippen LogP contribution in [0.5, 0.6) is 0 Å². The molecule has 94 valence electrons. The first-order chi connectivity index (χ1) is 8.56. The molecule has 0 amide bonds. The number of anilines is 2. The summed E-state index contributed by atoms with van der Waals surface area (Å²) in [6.45, 7) is 2.00. The number of aromatic nitrogens is 2. The predicted molar refractivity (Wildman–Crippen MR) is 74.9 cm³/mol. The zero-order valence-corrected chi connectivity index (χ0v) is 11.2. The Hall–Kier alpha value is -1.52. The van der Waals surface area contributed by atoms with Crippen LogP contribution in [0.2, 0.25) is 10.3 Å². The van der Waals surface area contributed by atoms with Gasteiger partial charge in [-0.3, -0.25) is 0 Å². The number of benzene rings is 1. The highest BCUT2D eigenvalue weighted by atomic mass is 35.5. The van der Waals surface area contributed by atoms with E-state index >= 15 is 0 Å². The first kappa shape index (κ1) is 12.9. The summed E-state index contributed by atoms with van der Waals surface area (Å²) in [5.74, 6) is 0.525. The van der Waals surface area contributed by atoms with Gasteiger partial charge < -0.3 is 11.1 Å². The van der Waals surface area contributed by atoms with E-state index in [1.54, 1.807) is 0 Å². The summed E-state index contributed by atoms with van der Waals surface area (Å²) in [5.41, 5.74) is 7.31. The van der Waals surface area contributed by atoms with Crippen LogP contribution in [0, 0.1) is 0 Å². The van der Waals surface area contributed by atoms with Crippen molar-refractivity contribution in [2.75, 3.05) is 11.1 Å². The average molecular weight is 283 g/mol. The number of nitrogen functional groups attached to an aromatic ring is 1. The van der Waals surface area contributed by atoms with Crippen molar-refractivity contribution in [1.29, 1.82) is 0 Å². The van der Waals surface area contributed by atoms with Gasteiger partial charge in [-0.25, -0.2) is 4.98 Å². The summed E-state index contributed by atoms with van der Waals surface area (Å²) in [6, 6.07) is 7.60. The van der Waals surface area contributed by atoms with Gasteiger partial charge in [-0.15, -0.1) is 0 Å². The van der Waals surface area contributed by atoms with Crippen molar-refractivity contribution in [2.45, 2.75) is 13.0 Å². The minimum atomic E-state index is 0.0375. The molecule has 1 aromatic carbocycles. The Kier molecular flexibility index (Phi) is 3.89. The molecule has 0 saturated carbocycles. The maximum atomic E-state index is 5.84. The molecule has 1 atom stereocenters. The molecule has 0 aliphatic heterocycles. The van der Waals surface area contributed by atoms with Crippen LogP contribution in [0.15, 0.2) is 30.5 Å². The van der Waals surface area contributed by atoms with Gasteiger partial charge >= 0.3 is 0 Å². The normalized spacial score (nSPS) is 12.2. The first-order valence-electron chi connectivity index (χ1n) is 5.36. The molecule has 0 spiro atoms. The molecule has 1 unspecified atom stereocenters. The topological polar surface area (TPSA) is 63.8 Å². The molecule has 1 heterocycles. The highest BCUT2D eigenvalue weighted by molar-refractivity contribution is 6.30. The lowest BCUT2D eigenvalue weighted by molar-refractivity contribution is 0.873. The van der Waals surface area contributed by atoms with Crippen molar-refractivity contribution < 1.29 is 0 Å². The number of hydrogen-bond acceptors (Lipinski definition) is 4. The molecule has 3 N–H and O–H groups in total.